The number of rotatable bonds is 7. The average Bonchev–Trinajstić information content (AvgIpc) is 2.27. The highest BCUT2D eigenvalue weighted by molar-refractivity contribution is 5.29. The first kappa shape index (κ1) is 11.7. The van der Waals surface area contributed by atoms with Crippen LogP contribution in [0.4, 0.5) is 0 Å². The Balaban J connectivity index is 2.47. The van der Waals surface area contributed by atoms with Crippen LogP contribution in [-0.4, -0.2) is 18.6 Å². The van der Waals surface area contributed by atoms with E-state index in [1.54, 1.807) is 6.20 Å². The molecule has 0 bridgehead atoms. The van der Waals surface area contributed by atoms with Gasteiger partial charge in [-0.15, -0.1) is 6.58 Å². The highest BCUT2D eigenvalue weighted by Crippen LogP contribution is 2.16. The van der Waals surface area contributed by atoms with Gasteiger partial charge in [0.2, 0.25) is 0 Å². The van der Waals surface area contributed by atoms with Crippen molar-refractivity contribution in [2.24, 2.45) is 0 Å². The lowest BCUT2D eigenvalue weighted by Crippen LogP contribution is -2.08. The van der Waals surface area contributed by atoms with Gasteiger partial charge in [0, 0.05) is 24.5 Å². The maximum Gasteiger partial charge on any atom is 0.126 e. The third-order valence-corrected chi connectivity index (χ3v) is 2.04. The zero-order chi connectivity index (χ0) is 10.9. The lowest BCUT2D eigenvalue weighted by molar-refractivity contribution is 0.308. The lowest BCUT2D eigenvalue weighted by atomic mass is 10.2. The fourth-order valence-electron chi connectivity index (χ4n) is 1.29. The Labute approximate surface area is 91.2 Å². The Morgan fingerprint density at radius 1 is 1.60 bits per heavy atom. The molecule has 0 atom stereocenters. The third-order valence-electron chi connectivity index (χ3n) is 2.04. The number of ether oxygens (including phenoxy) is 1. The van der Waals surface area contributed by atoms with Gasteiger partial charge in [0.25, 0.3) is 0 Å². The number of hydrogen-bond donors (Lipinski definition) is 1. The maximum atomic E-state index is 5.66. The topological polar surface area (TPSA) is 34.1 Å². The summed E-state index contributed by atoms with van der Waals surface area (Å²) >= 11 is 0. The summed E-state index contributed by atoms with van der Waals surface area (Å²) in [5, 5.41) is 3.09. The van der Waals surface area contributed by atoms with Crippen molar-refractivity contribution in [2.75, 3.05) is 13.7 Å². The molecular weight excluding hydrogens is 188 g/mol. The molecule has 1 heterocycles. The van der Waals surface area contributed by atoms with Crippen molar-refractivity contribution in [1.29, 1.82) is 0 Å². The normalized spacial score (nSPS) is 9.93. The zero-order valence-electron chi connectivity index (χ0n) is 9.20. The predicted octanol–water partition coefficient (Wildman–Crippen LogP) is 2.15. The number of nitrogens with one attached hydrogen (secondary N) is 1. The van der Waals surface area contributed by atoms with E-state index in [0.717, 1.165) is 37.3 Å². The number of hydrogen-bond acceptors (Lipinski definition) is 3. The fourth-order valence-corrected chi connectivity index (χ4v) is 1.29. The molecule has 1 aromatic rings. The van der Waals surface area contributed by atoms with Crippen LogP contribution in [0.1, 0.15) is 18.4 Å². The van der Waals surface area contributed by atoms with E-state index in [2.05, 4.69) is 16.9 Å². The minimum atomic E-state index is 0.729. The highest BCUT2D eigenvalue weighted by atomic mass is 16.5. The summed E-state index contributed by atoms with van der Waals surface area (Å²) in [7, 11) is 1.91. The van der Waals surface area contributed by atoms with E-state index in [4.69, 9.17) is 4.74 Å². The highest BCUT2D eigenvalue weighted by Gasteiger charge is 2.01. The smallest absolute Gasteiger partial charge is 0.126 e. The van der Waals surface area contributed by atoms with Crippen LogP contribution in [0.25, 0.3) is 0 Å². The average molecular weight is 206 g/mol. The summed E-state index contributed by atoms with van der Waals surface area (Å²) in [6.07, 6.45) is 7.49. The fraction of sp³-hybridized carbons (Fsp3) is 0.417. The molecule has 0 aliphatic carbocycles. The number of nitrogens with zero attached hydrogens (tertiary/aromatic N) is 1. The summed E-state index contributed by atoms with van der Waals surface area (Å²) in [5.74, 6) is 0.920. The minimum Gasteiger partial charge on any atom is -0.493 e. The van der Waals surface area contributed by atoms with Gasteiger partial charge in [-0.2, -0.15) is 0 Å². The molecule has 0 aromatic carbocycles. The molecule has 82 valence electrons. The monoisotopic (exact) mass is 206 g/mol. The van der Waals surface area contributed by atoms with Crippen molar-refractivity contribution in [1.82, 2.24) is 10.3 Å². The van der Waals surface area contributed by atoms with Crippen LogP contribution in [0.2, 0.25) is 0 Å². The first-order chi connectivity index (χ1) is 7.38. The van der Waals surface area contributed by atoms with E-state index in [9.17, 15) is 0 Å². The van der Waals surface area contributed by atoms with Gasteiger partial charge < -0.3 is 10.1 Å². The summed E-state index contributed by atoms with van der Waals surface area (Å²) in [4.78, 5) is 4.07. The maximum absolute atomic E-state index is 5.66. The Bertz CT molecular complexity index is 299. The summed E-state index contributed by atoms with van der Waals surface area (Å²) in [6.45, 7) is 5.19. The molecule has 3 heteroatoms. The number of allylic oxidation sites excluding steroid dienone is 1. The molecule has 3 nitrogen and oxygen atoms in total. The number of unbranched alkanes of at least 4 members (excludes halogenated alkanes) is 1. The molecule has 0 saturated heterocycles. The van der Waals surface area contributed by atoms with Crippen molar-refractivity contribution >= 4 is 0 Å². The standard InChI is InChI=1S/C12H18N2O/c1-3-4-5-8-15-12-6-7-14-10-11(12)9-13-2/h3,6-7,10,13H,1,4-5,8-9H2,2H3. The van der Waals surface area contributed by atoms with Crippen LogP contribution < -0.4 is 10.1 Å². The first-order valence-corrected chi connectivity index (χ1v) is 5.19. The van der Waals surface area contributed by atoms with Gasteiger partial charge >= 0.3 is 0 Å². The molecule has 0 radical (unpaired) electrons. The van der Waals surface area contributed by atoms with Gasteiger partial charge in [-0.1, -0.05) is 6.08 Å². The Morgan fingerprint density at radius 2 is 2.47 bits per heavy atom. The van der Waals surface area contributed by atoms with Gasteiger partial charge in [0.15, 0.2) is 0 Å². The third kappa shape index (κ3) is 4.13. The molecule has 0 aliphatic heterocycles. The first-order valence-electron chi connectivity index (χ1n) is 5.19. The van der Waals surface area contributed by atoms with E-state index < -0.39 is 0 Å². The van der Waals surface area contributed by atoms with Crippen LogP contribution in [0.5, 0.6) is 5.75 Å². The predicted molar refractivity (Wildman–Crippen MR) is 61.9 cm³/mol. The molecule has 0 amide bonds. The van der Waals surface area contributed by atoms with E-state index in [0.29, 0.717) is 0 Å². The molecular formula is C12H18N2O. The number of aromatic nitrogens is 1. The molecule has 0 saturated carbocycles. The van der Waals surface area contributed by atoms with Gasteiger partial charge in [-0.05, 0) is 26.0 Å². The molecule has 0 aliphatic rings. The molecule has 0 spiro atoms. The number of pyridine rings is 1. The Kier molecular flexibility index (Phi) is 5.48. The second-order valence-corrected chi connectivity index (χ2v) is 3.29. The molecule has 0 unspecified atom stereocenters. The van der Waals surface area contributed by atoms with Crippen molar-refractivity contribution in [3.63, 3.8) is 0 Å². The van der Waals surface area contributed by atoms with E-state index >= 15 is 0 Å². The summed E-state index contributed by atoms with van der Waals surface area (Å²) < 4.78 is 5.66. The summed E-state index contributed by atoms with van der Waals surface area (Å²) in [6, 6.07) is 1.90. The van der Waals surface area contributed by atoms with Gasteiger partial charge in [-0.25, -0.2) is 0 Å². The largest absolute Gasteiger partial charge is 0.493 e. The molecule has 1 aromatic heterocycles. The van der Waals surface area contributed by atoms with Gasteiger partial charge in [0.1, 0.15) is 5.75 Å². The molecule has 0 fully saturated rings. The minimum absolute atomic E-state index is 0.729. The van der Waals surface area contributed by atoms with E-state index in [1.165, 1.54) is 0 Å². The Morgan fingerprint density at radius 3 is 3.20 bits per heavy atom. The van der Waals surface area contributed by atoms with Crippen molar-refractivity contribution in [3.8, 4) is 5.75 Å². The van der Waals surface area contributed by atoms with E-state index in [1.807, 2.05) is 25.4 Å². The SMILES string of the molecule is C=CCCCOc1ccncc1CNC. The van der Waals surface area contributed by atoms with Crippen molar-refractivity contribution in [3.05, 3.63) is 36.7 Å². The second kappa shape index (κ2) is 7.01. The zero-order valence-corrected chi connectivity index (χ0v) is 9.20. The second-order valence-electron chi connectivity index (χ2n) is 3.29. The van der Waals surface area contributed by atoms with Crippen LogP contribution in [0.3, 0.4) is 0 Å². The quantitative estimate of drug-likeness (QED) is 0.548. The van der Waals surface area contributed by atoms with Gasteiger partial charge in [-0.3, -0.25) is 4.98 Å². The van der Waals surface area contributed by atoms with Crippen molar-refractivity contribution < 1.29 is 4.74 Å². The molecule has 15 heavy (non-hydrogen) atoms. The molecule has 1 rings (SSSR count). The summed E-state index contributed by atoms with van der Waals surface area (Å²) in [5.41, 5.74) is 1.10. The van der Waals surface area contributed by atoms with Crippen LogP contribution >= 0.6 is 0 Å². The van der Waals surface area contributed by atoms with Crippen LogP contribution in [-0.2, 0) is 6.54 Å². The van der Waals surface area contributed by atoms with Crippen molar-refractivity contribution in [2.45, 2.75) is 19.4 Å². The molecule has 1 N–H and O–H groups in total. The van der Waals surface area contributed by atoms with E-state index in [-0.39, 0.29) is 0 Å². The van der Waals surface area contributed by atoms with Crippen LogP contribution in [0.15, 0.2) is 31.1 Å². The van der Waals surface area contributed by atoms with Crippen LogP contribution in [0, 0.1) is 0 Å². The Hall–Kier alpha value is -1.35. The van der Waals surface area contributed by atoms with Gasteiger partial charge in [0.05, 0.1) is 6.61 Å². The lowest BCUT2D eigenvalue weighted by Gasteiger charge is -2.09.